The third-order valence-electron chi connectivity index (χ3n) is 1.41. The van der Waals surface area contributed by atoms with Crippen molar-refractivity contribution in [1.29, 1.82) is 0 Å². The van der Waals surface area contributed by atoms with Crippen LogP contribution < -0.4 is 5.84 Å². The van der Waals surface area contributed by atoms with Crippen LogP contribution in [0.5, 0.6) is 0 Å². The molecule has 0 fully saturated rings. The standard InChI is InChI=1S/C8H6Cl2N2O/c9-6-3-1-5(2-4-6)7(13)8(10)12-11/h1-4H,11H2/b12-8-. The van der Waals surface area contributed by atoms with Gasteiger partial charge in [0, 0.05) is 10.6 Å². The third kappa shape index (κ3) is 2.44. The number of nitrogens with zero attached hydrogens (tertiary/aromatic N) is 1. The SMILES string of the molecule is N/N=C(\Cl)C(=O)c1ccc(Cl)cc1. The number of benzene rings is 1. The zero-order valence-corrected chi connectivity index (χ0v) is 8.01. The van der Waals surface area contributed by atoms with E-state index in [9.17, 15) is 4.79 Å². The van der Waals surface area contributed by atoms with Gasteiger partial charge in [0.05, 0.1) is 0 Å². The van der Waals surface area contributed by atoms with Gasteiger partial charge in [0.2, 0.25) is 5.78 Å². The molecule has 1 aromatic rings. The van der Waals surface area contributed by atoms with Gasteiger partial charge in [0.15, 0.2) is 5.17 Å². The second kappa shape index (κ2) is 4.25. The summed E-state index contributed by atoms with van der Waals surface area (Å²) in [5.41, 5.74) is 0.406. The van der Waals surface area contributed by atoms with Gasteiger partial charge in [0.25, 0.3) is 0 Å². The number of Topliss-reactive ketones (excluding diaryl/α,β-unsaturated/α-hetero) is 1. The van der Waals surface area contributed by atoms with Crippen molar-refractivity contribution >= 4 is 34.2 Å². The fraction of sp³-hybridized carbons (Fsp3) is 0. The van der Waals surface area contributed by atoms with Crippen LogP contribution in [0.3, 0.4) is 0 Å². The van der Waals surface area contributed by atoms with Crippen LogP contribution in [0.2, 0.25) is 5.02 Å². The van der Waals surface area contributed by atoms with E-state index in [4.69, 9.17) is 29.0 Å². The number of ketones is 1. The van der Waals surface area contributed by atoms with Crippen LogP contribution in [-0.4, -0.2) is 11.0 Å². The molecule has 0 amide bonds. The van der Waals surface area contributed by atoms with Crippen LogP contribution in [0, 0.1) is 0 Å². The minimum Gasteiger partial charge on any atom is -0.322 e. The molecule has 2 N–H and O–H groups in total. The van der Waals surface area contributed by atoms with Gasteiger partial charge in [-0.25, -0.2) is 0 Å². The molecular formula is C8H6Cl2N2O. The molecule has 0 unspecified atom stereocenters. The average molecular weight is 217 g/mol. The molecule has 0 aliphatic carbocycles. The first kappa shape index (κ1) is 10.0. The van der Waals surface area contributed by atoms with Crippen LogP contribution in [0.1, 0.15) is 10.4 Å². The van der Waals surface area contributed by atoms with Crippen LogP contribution in [-0.2, 0) is 0 Å². The number of halogens is 2. The van der Waals surface area contributed by atoms with Gasteiger partial charge in [-0.1, -0.05) is 23.2 Å². The fourth-order valence-corrected chi connectivity index (χ4v) is 1.01. The van der Waals surface area contributed by atoms with Gasteiger partial charge in [0.1, 0.15) is 0 Å². The van der Waals surface area contributed by atoms with Gasteiger partial charge in [-0.2, -0.15) is 5.10 Å². The number of hydrogen-bond acceptors (Lipinski definition) is 3. The summed E-state index contributed by atoms with van der Waals surface area (Å²) in [4.78, 5) is 11.3. The number of nitrogens with two attached hydrogens (primary N) is 1. The van der Waals surface area contributed by atoms with Crippen molar-refractivity contribution in [2.75, 3.05) is 0 Å². The maximum Gasteiger partial charge on any atom is 0.224 e. The van der Waals surface area contributed by atoms with E-state index in [1.807, 2.05) is 0 Å². The Bertz CT molecular complexity index is 346. The molecule has 0 aliphatic heterocycles. The summed E-state index contributed by atoms with van der Waals surface area (Å²) < 4.78 is 0. The molecule has 0 aromatic heterocycles. The van der Waals surface area contributed by atoms with Crippen molar-refractivity contribution in [2.45, 2.75) is 0 Å². The molecule has 5 heteroatoms. The first-order chi connectivity index (χ1) is 6.15. The van der Waals surface area contributed by atoms with Gasteiger partial charge in [-0.05, 0) is 24.3 Å². The number of hydrazone groups is 1. The molecule has 0 spiro atoms. The topological polar surface area (TPSA) is 55.4 Å². The molecular weight excluding hydrogens is 211 g/mol. The van der Waals surface area contributed by atoms with Crippen molar-refractivity contribution < 1.29 is 4.79 Å². The Balaban J connectivity index is 2.97. The van der Waals surface area contributed by atoms with Gasteiger partial charge in [-0.15, -0.1) is 0 Å². The second-order valence-electron chi connectivity index (χ2n) is 2.26. The lowest BCUT2D eigenvalue weighted by molar-refractivity contribution is 0.106. The zero-order valence-electron chi connectivity index (χ0n) is 6.50. The van der Waals surface area contributed by atoms with Crippen molar-refractivity contribution in [3.8, 4) is 0 Å². The Labute approximate surface area is 85.1 Å². The Hall–Kier alpha value is -1.06. The van der Waals surface area contributed by atoms with Crippen molar-refractivity contribution in [3.05, 3.63) is 34.9 Å². The largest absolute Gasteiger partial charge is 0.322 e. The highest BCUT2D eigenvalue weighted by molar-refractivity contribution is 6.84. The molecule has 0 atom stereocenters. The highest BCUT2D eigenvalue weighted by atomic mass is 35.5. The summed E-state index contributed by atoms with van der Waals surface area (Å²) >= 11 is 11.1. The van der Waals surface area contributed by atoms with Crippen molar-refractivity contribution in [3.63, 3.8) is 0 Å². The van der Waals surface area contributed by atoms with Crippen LogP contribution in [0.4, 0.5) is 0 Å². The lowest BCUT2D eigenvalue weighted by Crippen LogP contribution is -2.09. The van der Waals surface area contributed by atoms with E-state index in [0.29, 0.717) is 10.6 Å². The summed E-state index contributed by atoms with van der Waals surface area (Å²) in [6.07, 6.45) is 0. The smallest absolute Gasteiger partial charge is 0.224 e. The highest BCUT2D eigenvalue weighted by Crippen LogP contribution is 2.10. The lowest BCUT2D eigenvalue weighted by Gasteiger charge is -1.96. The van der Waals surface area contributed by atoms with Crippen LogP contribution in [0.15, 0.2) is 29.4 Å². The minimum atomic E-state index is -0.416. The van der Waals surface area contributed by atoms with E-state index < -0.39 is 5.78 Å². The minimum absolute atomic E-state index is 0.248. The maximum absolute atomic E-state index is 11.3. The van der Waals surface area contributed by atoms with Crippen LogP contribution >= 0.6 is 23.2 Å². The summed E-state index contributed by atoms with van der Waals surface area (Å²) in [6.45, 7) is 0. The predicted molar refractivity (Wildman–Crippen MR) is 53.3 cm³/mol. The summed E-state index contributed by atoms with van der Waals surface area (Å²) in [5, 5.41) is 3.39. The monoisotopic (exact) mass is 216 g/mol. The molecule has 13 heavy (non-hydrogen) atoms. The summed E-state index contributed by atoms with van der Waals surface area (Å²) in [7, 11) is 0. The predicted octanol–water partition coefficient (Wildman–Crippen LogP) is 2.03. The van der Waals surface area contributed by atoms with Gasteiger partial charge in [-0.3, -0.25) is 4.79 Å². The Kier molecular flexibility index (Phi) is 3.28. The van der Waals surface area contributed by atoms with E-state index in [0.717, 1.165) is 0 Å². The molecule has 1 aromatic carbocycles. The molecule has 0 aliphatic rings. The molecule has 0 saturated heterocycles. The Morgan fingerprint density at radius 3 is 2.31 bits per heavy atom. The normalized spacial score (nSPS) is 11.4. The van der Waals surface area contributed by atoms with E-state index in [1.54, 1.807) is 24.3 Å². The Morgan fingerprint density at radius 2 is 1.85 bits per heavy atom. The number of rotatable bonds is 2. The van der Waals surface area contributed by atoms with E-state index in [-0.39, 0.29) is 5.17 Å². The number of carbonyl (C=O) groups is 1. The molecule has 1 rings (SSSR count). The van der Waals surface area contributed by atoms with Crippen molar-refractivity contribution in [2.24, 2.45) is 10.9 Å². The Morgan fingerprint density at radius 1 is 1.31 bits per heavy atom. The van der Waals surface area contributed by atoms with E-state index in [2.05, 4.69) is 5.10 Å². The zero-order chi connectivity index (χ0) is 9.84. The summed E-state index contributed by atoms with van der Waals surface area (Å²) in [6, 6.07) is 6.29. The lowest BCUT2D eigenvalue weighted by atomic mass is 10.1. The average Bonchev–Trinajstić information content (AvgIpc) is 2.17. The fourth-order valence-electron chi connectivity index (χ4n) is 0.779. The molecule has 0 heterocycles. The van der Waals surface area contributed by atoms with Gasteiger partial charge >= 0.3 is 0 Å². The second-order valence-corrected chi connectivity index (χ2v) is 3.05. The molecule has 68 valence electrons. The van der Waals surface area contributed by atoms with Crippen molar-refractivity contribution in [1.82, 2.24) is 0 Å². The van der Waals surface area contributed by atoms with Crippen LogP contribution in [0.25, 0.3) is 0 Å². The number of hydrogen-bond donors (Lipinski definition) is 1. The molecule has 0 bridgehead atoms. The summed E-state index contributed by atoms with van der Waals surface area (Å²) in [5.74, 6) is 4.43. The van der Waals surface area contributed by atoms with E-state index >= 15 is 0 Å². The number of carbonyl (C=O) groups excluding carboxylic acids is 1. The third-order valence-corrected chi connectivity index (χ3v) is 1.93. The molecule has 3 nitrogen and oxygen atoms in total. The van der Waals surface area contributed by atoms with Gasteiger partial charge < -0.3 is 5.84 Å². The maximum atomic E-state index is 11.3. The molecule has 0 saturated carbocycles. The first-order valence-corrected chi connectivity index (χ1v) is 4.14. The highest BCUT2D eigenvalue weighted by Gasteiger charge is 2.10. The first-order valence-electron chi connectivity index (χ1n) is 3.39. The van der Waals surface area contributed by atoms with E-state index in [1.165, 1.54) is 0 Å². The molecule has 0 radical (unpaired) electrons. The quantitative estimate of drug-likeness (QED) is 0.356.